The Hall–Kier alpha value is -2.91. The van der Waals surface area contributed by atoms with Gasteiger partial charge in [0, 0.05) is 10.7 Å². The third kappa shape index (κ3) is 4.26. The smallest absolute Gasteiger partial charge is 0.279 e. The maximum Gasteiger partial charge on any atom is 0.279 e. The molecule has 1 aromatic heterocycles. The van der Waals surface area contributed by atoms with Gasteiger partial charge in [-0.1, -0.05) is 17.7 Å². The molecular formula is C17H14ClFN4O3S. The van der Waals surface area contributed by atoms with Crippen LogP contribution in [0.5, 0.6) is 0 Å². The minimum absolute atomic E-state index is 0.0600. The van der Waals surface area contributed by atoms with Gasteiger partial charge in [0.15, 0.2) is 5.03 Å². The van der Waals surface area contributed by atoms with Crippen molar-refractivity contribution in [2.45, 2.75) is 11.9 Å². The highest BCUT2D eigenvalue weighted by molar-refractivity contribution is 7.92. The third-order valence-corrected chi connectivity index (χ3v) is 5.19. The first-order valence-electron chi connectivity index (χ1n) is 7.65. The van der Waals surface area contributed by atoms with Crippen molar-refractivity contribution in [3.05, 3.63) is 70.6 Å². The van der Waals surface area contributed by atoms with Crippen molar-refractivity contribution in [2.24, 2.45) is 0 Å². The topological polar surface area (TPSA) is 104 Å². The predicted molar refractivity (Wildman–Crippen MR) is 99.9 cm³/mol. The summed E-state index contributed by atoms with van der Waals surface area (Å²) in [5.74, 6) is -1.45. The van der Waals surface area contributed by atoms with Crippen molar-refractivity contribution in [3.8, 4) is 0 Å². The zero-order valence-electron chi connectivity index (χ0n) is 14.0. The Labute approximate surface area is 159 Å². The summed E-state index contributed by atoms with van der Waals surface area (Å²) in [5, 5.41) is 8.27. The maximum absolute atomic E-state index is 13.8. The lowest BCUT2D eigenvalue weighted by Gasteiger charge is -2.10. The van der Waals surface area contributed by atoms with Crippen LogP contribution in [0.25, 0.3) is 0 Å². The Morgan fingerprint density at radius 1 is 1.19 bits per heavy atom. The Kier molecular flexibility index (Phi) is 5.15. The van der Waals surface area contributed by atoms with E-state index < -0.39 is 26.8 Å². The number of aromatic amines is 1. The summed E-state index contributed by atoms with van der Waals surface area (Å²) in [6.45, 7) is 1.73. The van der Waals surface area contributed by atoms with E-state index in [2.05, 4.69) is 20.2 Å². The van der Waals surface area contributed by atoms with Crippen molar-refractivity contribution in [2.75, 3.05) is 10.0 Å². The van der Waals surface area contributed by atoms with Crippen LogP contribution < -0.4 is 10.0 Å². The van der Waals surface area contributed by atoms with Crippen LogP contribution in [0.15, 0.2) is 53.7 Å². The van der Waals surface area contributed by atoms with Gasteiger partial charge in [0.25, 0.3) is 15.9 Å². The molecule has 7 nitrogen and oxygen atoms in total. The van der Waals surface area contributed by atoms with Crippen LogP contribution in [0.2, 0.25) is 5.02 Å². The lowest BCUT2D eigenvalue weighted by molar-refractivity contribution is 0.102. The Balaban J connectivity index is 1.87. The number of anilines is 2. The van der Waals surface area contributed by atoms with Gasteiger partial charge in [-0.2, -0.15) is 13.5 Å². The van der Waals surface area contributed by atoms with Crippen LogP contribution in [0.1, 0.15) is 15.9 Å². The first-order chi connectivity index (χ1) is 12.8. The maximum atomic E-state index is 13.8. The highest BCUT2D eigenvalue weighted by Crippen LogP contribution is 2.21. The molecule has 10 heteroatoms. The lowest BCUT2D eigenvalue weighted by Crippen LogP contribution is -2.20. The number of aryl methyl sites for hydroxylation is 1. The largest absolute Gasteiger partial charge is 0.319 e. The SMILES string of the molecule is Cc1ccc(F)c(NC(=O)c2cn[nH]c2S(=O)(=O)Nc2ccc(Cl)cc2)c1. The monoisotopic (exact) mass is 408 g/mol. The van der Waals surface area contributed by atoms with Crippen LogP contribution in [0, 0.1) is 12.7 Å². The molecule has 1 heterocycles. The van der Waals surface area contributed by atoms with Crippen LogP contribution in [-0.4, -0.2) is 24.5 Å². The number of H-pyrrole nitrogens is 1. The molecule has 0 saturated heterocycles. The fourth-order valence-electron chi connectivity index (χ4n) is 2.29. The molecule has 3 aromatic rings. The second-order valence-corrected chi connectivity index (χ2v) is 7.72. The number of halogens is 2. The molecule has 0 spiro atoms. The number of aromatic nitrogens is 2. The molecule has 2 aromatic carbocycles. The van der Waals surface area contributed by atoms with Crippen molar-refractivity contribution >= 4 is 38.9 Å². The molecule has 0 saturated carbocycles. The van der Waals surface area contributed by atoms with Gasteiger partial charge in [0.05, 0.1) is 17.4 Å². The van der Waals surface area contributed by atoms with Crippen LogP contribution in [0.4, 0.5) is 15.8 Å². The van der Waals surface area contributed by atoms with Crippen LogP contribution in [0.3, 0.4) is 0 Å². The summed E-state index contributed by atoms with van der Waals surface area (Å²) in [7, 11) is -4.13. The van der Waals surface area contributed by atoms with Crippen LogP contribution in [-0.2, 0) is 10.0 Å². The summed E-state index contributed by atoms with van der Waals surface area (Å²) < 4.78 is 41.3. The van der Waals surface area contributed by atoms with Crippen molar-refractivity contribution in [1.29, 1.82) is 0 Å². The average molecular weight is 409 g/mol. The van der Waals surface area contributed by atoms with Gasteiger partial charge in [-0.3, -0.25) is 14.6 Å². The van der Waals surface area contributed by atoms with Crippen molar-refractivity contribution < 1.29 is 17.6 Å². The first kappa shape index (κ1) is 18.9. The Morgan fingerprint density at radius 3 is 2.59 bits per heavy atom. The van der Waals surface area contributed by atoms with E-state index in [9.17, 15) is 17.6 Å². The van der Waals surface area contributed by atoms with Crippen molar-refractivity contribution in [3.63, 3.8) is 0 Å². The number of hydrogen-bond donors (Lipinski definition) is 3. The van der Waals surface area contributed by atoms with Gasteiger partial charge in [0.2, 0.25) is 0 Å². The number of carbonyl (C=O) groups excluding carboxylic acids is 1. The van der Waals surface area contributed by atoms with Crippen molar-refractivity contribution in [1.82, 2.24) is 10.2 Å². The van der Waals surface area contributed by atoms with E-state index >= 15 is 0 Å². The summed E-state index contributed by atoms with van der Waals surface area (Å²) in [4.78, 5) is 12.5. The minimum Gasteiger partial charge on any atom is -0.319 e. The highest BCUT2D eigenvalue weighted by atomic mass is 35.5. The summed E-state index contributed by atoms with van der Waals surface area (Å²) >= 11 is 5.77. The fourth-order valence-corrected chi connectivity index (χ4v) is 3.57. The Bertz CT molecular complexity index is 1100. The van der Waals surface area contributed by atoms with Crippen LogP contribution >= 0.6 is 11.6 Å². The van der Waals surface area contributed by atoms with E-state index in [-0.39, 0.29) is 16.9 Å². The first-order valence-corrected chi connectivity index (χ1v) is 9.51. The standard InChI is InChI=1S/C17H14ClFN4O3S/c1-10-2-7-14(19)15(8-10)21-16(24)13-9-20-22-17(13)27(25,26)23-12-5-3-11(18)4-6-12/h2-9,23H,1H3,(H,20,22)(H,21,24). The molecule has 0 bridgehead atoms. The molecule has 0 radical (unpaired) electrons. The van der Waals surface area contributed by atoms with E-state index in [1.165, 1.54) is 36.4 Å². The lowest BCUT2D eigenvalue weighted by atomic mass is 10.2. The number of sulfonamides is 1. The van der Waals surface area contributed by atoms with E-state index in [0.29, 0.717) is 5.02 Å². The molecule has 1 amide bonds. The van der Waals surface area contributed by atoms with E-state index in [1.807, 2.05) is 0 Å². The zero-order valence-corrected chi connectivity index (χ0v) is 15.5. The van der Waals surface area contributed by atoms with E-state index in [4.69, 9.17) is 11.6 Å². The molecule has 27 heavy (non-hydrogen) atoms. The van der Waals surface area contributed by atoms with Gasteiger partial charge in [-0.25, -0.2) is 4.39 Å². The van der Waals surface area contributed by atoms with E-state index in [1.54, 1.807) is 13.0 Å². The summed E-state index contributed by atoms with van der Waals surface area (Å²) in [6, 6.07) is 10.2. The Morgan fingerprint density at radius 2 is 1.89 bits per heavy atom. The van der Waals surface area contributed by atoms with E-state index in [0.717, 1.165) is 11.8 Å². The number of rotatable bonds is 5. The highest BCUT2D eigenvalue weighted by Gasteiger charge is 2.25. The normalized spacial score (nSPS) is 11.2. The minimum atomic E-state index is -4.13. The van der Waals surface area contributed by atoms with Gasteiger partial charge in [0.1, 0.15) is 5.82 Å². The van der Waals surface area contributed by atoms with Gasteiger partial charge in [-0.05, 0) is 48.9 Å². The average Bonchev–Trinajstić information content (AvgIpc) is 3.11. The summed E-state index contributed by atoms with van der Waals surface area (Å²) in [5.41, 5.74) is 0.675. The number of hydrogen-bond acceptors (Lipinski definition) is 4. The molecular weight excluding hydrogens is 395 g/mol. The number of benzene rings is 2. The van der Waals surface area contributed by atoms with Gasteiger partial charge >= 0.3 is 0 Å². The third-order valence-electron chi connectivity index (χ3n) is 3.58. The fraction of sp³-hybridized carbons (Fsp3) is 0.0588. The molecule has 3 rings (SSSR count). The molecule has 0 unspecified atom stereocenters. The number of nitrogens with zero attached hydrogens (tertiary/aromatic N) is 1. The molecule has 0 aliphatic carbocycles. The molecule has 140 valence electrons. The number of carbonyl (C=O) groups is 1. The van der Waals surface area contributed by atoms with Gasteiger partial charge in [-0.15, -0.1) is 0 Å². The molecule has 0 aliphatic rings. The second kappa shape index (κ2) is 7.37. The molecule has 0 atom stereocenters. The van der Waals surface area contributed by atoms with Gasteiger partial charge < -0.3 is 5.32 Å². The predicted octanol–water partition coefficient (Wildman–Crippen LogP) is 3.56. The zero-order chi connectivity index (χ0) is 19.6. The molecule has 0 aliphatic heterocycles. The number of amides is 1. The molecule has 0 fully saturated rings. The second-order valence-electron chi connectivity index (χ2n) is 5.66. The summed E-state index contributed by atoms with van der Waals surface area (Å²) in [6.07, 6.45) is 1.06. The quantitative estimate of drug-likeness (QED) is 0.600. The molecule has 3 N–H and O–H groups in total. The number of nitrogens with one attached hydrogen (secondary N) is 3.